The highest BCUT2D eigenvalue weighted by Crippen LogP contribution is 2.08. The monoisotopic (exact) mass is 265 g/mol. The number of rotatable bonds is 9. The lowest BCUT2D eigenvalue weighted by Gasteiger charge is -2.19. The molecule has 1 rings (SSSR count). The molecular formula is C16H27NO2. The van der Waals surface area contributed by atoms with Gasteiger partial charge in [0.2, 0.25) is 0 Å². The first-order valence-corrected chi connectivity index (χ1v) is 6.96. The first-order chi connectivity index (χ1) is 9.15. The molecule has 0 aromatic heterocycles. The van der Waals surface area contributed by atoms with Crippen LogP contribution in [-0.4, -0.2) is 39.5 Å². The average molecular weight is 265 g/mol. The van der Waals surface area contributed by atoms with Crippen LogP contribution < -0.4 is 5.32 Å². The molecule has 1 aromatic rings. The van der Waals surface area contributed by atoms with Gasteiger partial charge >= 0.3 is 0 Å². The van der Waals surface area contributed by atoms with Gasteiger partial charge in [-0.3, -0.25) is 0 Å². The van der Waals surface area contributed by atoms with E-state index in [1.54, 1.807) is 14.2 Å². The van der Waals surface area contributed by atoms with Crippen LogP contribution >= 0.6 is 0 Å². The molecule has 0 aliphatic carbocycles. The molecular weight excluding hydrogens is 238 g/mol. The Labute approximate surface area is 117 Å². The summed E-state index contributed by atoms with van der Waals surface area (Å²) in [6.45, 7) is 5.82. The number of aryl methyl sites for hydroxylation is 2. The zero-order valence-electron chi connectivity index (χ0n) is 12.6. The summed E-state index contributed by atoms with van der Waals surface area (Å²) >= 11 is 0. The van der Waals surface area contributed by atoms with Crippen LogP contribution in [0, 0.1) is 6.92 Å². The number of nitrogens with one attached hydrogen (secondary N) is 1. The quantitative estimate of drug-likeness (QED) is 0.744. The van der Waals surface area contributed by atoms with Crippen molar-refractivity contribution in [3.05, 3.63) is 35.4 Å². The first kappa shape index (κ1) is 16.2. The van der Waals surface area contributed by atoms with Gasteiger partial charge in [-0.1, -0.05) is 29.8 Å². The van der Waals surface area contributed by atoms with Crippen molar-refractivity contribution in [2.24, 2.45) is 0 Å². The summed E-state index contributed by atoms with van der Waals surface area (Å²) in [5.74, 6) is 0. The van der Waals surface area contributed by atoms with Crippen molar-refractivity contribution < 1.29 is 9.47 Å². The Morgan fingerprint density at radius 3 is 2.68 bits per heavy atom. The Kier molecular flexibility index (Phi) is 7.72. The van der Waals surface area contributed by atoms with Gasteiger partial charge in [-0.25, -0.2) is 0 Å². The smallest absolute Gasteiger partial charge is 0.0928 e. The maximum absolute atomic E-state index is 5.33. The fourth-order valence-corrected chi connectivity index (χ4v) is 2.08. The highest BCUT2D eigenvalue weighted by Gasteiger charge is 2.09. The first-order valence-electron chi connectivity index (χ1n) is 6.96. The highest BCUT2D eigenvalue weighted by molar-refractivity contribution is 5.22. The summed E-state index contributed by atoms with van der Waals surface area (Å²) in [4.78, 5) is 0. The van der Waals surface area contributed by atoms with E-state index >= 15 is 0 Å². The predicted molar refractivity (Wildman–Crippen MR) is 79.6 cm³/mol. The number of hydrogen-bond donors (Lipinski definition) is 1. The highest BCUT2D eigenvalue weighted by atomic mass is 16.5. The third-order valence-corrected chi connectivity index (χ3v) is 3.33. The summed E-state index contributed by atoms with van der Waals surface area (Å²) in [7, 11) is 3.43. The zero-order chi connectivity index (χ0) is 14.1. The lowest BCUT2D eigenvalue weighted by Crippen LogP contribution is -2.37. The minimum Gasteiger partial charge on any atom is -0.382 e. The molecule has 1 aromatic carbocycles. The molecule has 0 spiro atoms. The van der Waals surface area contributed by atoms with E-state index in [0.29, 0.717) is 12.6 Å². The molecule has 2 unspecified atom stereocenters. The van der Waals surface area contributed by atoms with E-state index in [-0.39, 0.29) is 6.10 Å². The lowest BCUT2D eigenvalue weighted by atomic mass is 10.0. The van der Waals surface area contributed by atoms with Gasteiger partial charge < -0.3 is 14.8 Å². The Morgan fingerprint density at radius 1 is 1.26 bits per heavy atom. The largest absolute Gasteiger partial charge is 0.382 e. The van der Waals surface area contributed by atoms with Gasteiger partial charge in [0.1, 0.15) is 0 Å². The minimum absolute atomic E-state index is 0.131. The molecule has 2 atom stereocenters. The van der Waals surface area contributed by atoms with E-state index in [1.807, 2.05) is 0 Å². The van der Waals surface area contributed by atoms with Crippen LogP contribution in [0.3, 0.4) is 0 Å². The molecule has 0 bridgehead atoms. The van der Waals surface area contributed by atoms with Crippen molar-refractivity contribution in [1.82, 2.24) is 5.32 Å². The molecule has 108 valence electrons. The van der Waals surface area contributed by atoms with Crippen LogP contribution in [0.15, 0.2) is 24.3 Å². The lowest BCUT2D eigenvalue weighted by molar-refractivity contribution is 0.0275. The van der Waals surface area contributed by atoms with Crippen LogP contribution in [0.4, 0.5) is 0 Å². The molecule has 19 heavy (non-hydrogen) atoms. The van der Waals surface area contributed by atoms with E-state index in [2.05, 4.69) is 43.4 Å². The molecule has 0 radical (unpaired) electrons. The number of methoxy groups -OCH3 is 2. The third-order valence-electron chi connectivity index (χ3n) is 3.33. The molecule has 3 nitrogen and oxygen atoms in total. The predicted octanol–water partition coefficient (Wildman–Crippen LogP) is 2.57. The molecule has 0 saturated carbocycles. The maximum atomic E-state index is 5.33. The topological polar surface area (TPSA) is 30.5 Å². The van der Waals surface area contributed by atoms with Gasteiger partial charge in [0.25, 0.3) is 0 Å². The van der Waals surface area contributed by atoms with Crippen molar-refractivity contribution in [1.29, 1.82) is 0 Å². The average Bonchev–Trinajstić information content (AvgIpc) is 2.41. The minimum atomic E-state index is 0.131. The van der Waals surface area contributed by atoms with E-state index in [1.165, 1.54) is 11.1 Å². The van der Waals surface area contributed by atoms with Gasteiger partial charge in [-0.2, -0.15) is 0 Å². The molecule has 0 heterocycles. The van der Waals surface area contributed by atoms with Crippen molar-refractivity contribution >= 4 is 0 Å². The Balaban J connectivity index is 2.25. The van der Waals surface area contributed by atoms with E-state index in [0.717, 1.165) is 19.4 Å². The molecule has 0 aliphatic rings. The summed E-state index contributed by atoms with van der Waals surface area (Å²) in [5, 5.41) is 3.50. The standard InChI is InChI=1S/C16H27NO2/c1-13-6-5-7-15(10-13)9-8-14(2)17-11-16(19-4)12-18-3/h5-7,10,14,16-17H,8-9,11-12H2,1-4H3. The SMILES string of the molecule is COCC(CNC(C)CCc1cccc(C)c1)OC. The van der Waals surface area contributed by atoms with Crippen LogP contribution in [0.5, 0.6) is 0 Å². The molecule has 0 saturated heterocycles. The van der Waals surface area contributed by atoms with Crippen molar-refractivity contribution in [2.75, 3.05) is 27.4 Å². The van der Waals surface area contributed by atoms with Crippen molar-refractivity contribution in [3.8, 4) is 0 Å². The summed E-state index contributed by atoms with van der Waals surface area (Å²) in [6.07, 6.45) is 2.37. The molecule has 3 heteroatoms. The van der Waals surface area contributed by atoms with Crippen molar-refractivity contribution in [3.63, 3.8) is 0 Å². The fourth-order valence-electron chi connectivity index (χ4n) is 2.08. The van der Waals surface area contributed by atoms with Crippen LogP contribution in [-0.2, 0) is 15.9 Å². The molecule has 0 fully saturated rings. The van der Waals surface area contributed by atoms with Gasteiger partial charge in [-0.05, 0) is 32.3 Å². The van der Waals surface area contributed by atoms with Gasteiger partial charge in [-0.15, -0.1) is 0 Å². The molecule has 0 amide bonds. The number of ether oxygens (including phenoxy) is 2. The third kappa shape index (κ3) is 6.71. The Morgan fingerprint density at radius 2 is 2.05 bits per heavy atom. The van der Waals surface area contributed by atoms with E-state index in [4.69, 9.17) is 9.47 Å². The second-order valence-corrected chi connectivity index (χ2v) is 5.15. The normalized spacial score (nSPS) is 14.3. The fraction of sp³-hybridized carbons (Fsp3) is 0.625. The second kappa shape index (κ2) is 9.08. The summed E-state index contributed by atoms with van der Waals surface area (Å²) < 4.78 is 10.4. The van der Waals surface area contributed by atoms with Gasteiger partial charge in [0, 0.05) is 26.8 Å². The zero-order valence-corrected chi connectivity index (χ0v) is 12.6. The van der Waals surface area contributed by atoms with Crippen LogP contribution in [0.2, 0.25) is 0 Å². The van der Waals surface area contributed by atoms with Crippen LogP contribution in [0.1, 0.15) is 24.5 Å². The molecule has 1 N–H and O–H groups in total. The second-order valence-electron chi connectivity index (χ2n) is 5.15. The Hall–Kier alpha value is -0.900. The number of benzene rings is 1. The maximum Gasteiger partial charge on any atom is 0.0928 e. The van der Waals surface area contributed by atoms with E-state index < -0.39 is 0 Å². The van der Waals surface area contributed by atoms with Crippen LogP contribution in [0.25, 0.3) is 0 Å². The number of hydrogen-bond acceptors (Lipinski definition) is 3. The summed E-state index contributed by atoms with van der Waals surface area (Å²) in [5.41, 5.74) is 2.74. The van der Waals surface area contributed by atoms with Gasteiger partial charge in [0.15, 0.2) is 0 Å². The Bertz CT molecular complexity index is 354. The van der Waals surface area contributed by atoms with Gasteiger partial charge in [0.05, 0.1) is 12.7 Å². The summed E-state index contributed by atoms with van der Waals surface area (Å²) in [6, 6.07) is 9.20. The van der Waals surface area contributed by atoms with E-state index in [9.17, 15) is 0 Å². The van der Waals surface area contributed by atoms with Crippen molar-refractivity contribution in [2.45, 2.75) is 38.8 Å². The molecule has 0 aliphatic heterocycles.